The third-order valence-electron chi connectivity index (χ3n) is 4.78. The highest BCUT2D eigenvalue weighted by atomic mass is 16.2. The average Bonchev–Trinajstić information content (AvgIpc) is 2.98. The Kier molecular flexibility index (Phi) is 2.77. The number of nitrogens with zero attached hydrogens (tertiary/aromatic N) is 4. The molecule has 1 amide bonds. The minimum Gasteiger partial charge on any atom is -0.332 e. The number of fused-ring (bicyclic) bond motifs is 6. The lowest BCUT2D eigenvalue weighted by atomic mass is 9.98. The van der Waals surface area contributed by atoms with Gasteiger partial charge >= 0.3 is 0 Å². The van der Waals surface area contributed by atoms with Crippen molar-refractivity contribution in [3.63, 3.8) is 0 Å². The van der Waals surface area contributed by atoms with Crippen LogP contribution in [-0.2, 0) is 11.2 Å². The van der Waals surface area contributed by atoms with Gasteiger partial charge in [-0.1, -0.05) is 6.92 Å². The second kappa shape index (κ2) is 4.55. The molecule has 5 nitrogen and oxygen atoms in total. The number of hydrogen-bond donors (Lipinski definition) is 0. The first kappa shape index (κ1) is 12.8. The van der Waals surface area contributed by atoms with Crippen molar-refractivity contribution in [1.82, 2.24) is 19.5 Å². The van der Waals surface area contributed by atoms with Gasteiger partial charge in [-0.3, -0.25) is 4.79 Å². The highest BCUT2D eigenvalue weighted by Gasteiger charge is 2.43. The normalized spacial score (nSPS) is 23.6. The van der Waals surface area contributed by atoms with Crippen LogP contribution >= 0.6 is 0 Å². The van der Waals surface area contributed by atoms with Crippen molar-refractivity contribution in [2.75, 3.05) is 0 Å². The van der Waals surface area contributed by atoms with Crippen LogP contribution in [0.2, 0.25) is 0 Å². The molecule has 0 spiro atoms. The molecule has 0 N–H and O–H groups in total. The Morgan fingerprint density at radius 3 is 3.10 bits per heavy atom. The lowest BCUT2D eigenvalue weighted by Crippen LogP contribution is -2.42. The van der Waals surface area contributed by atoms with E-state index in [1.54, 1.807) is 0 Å². The molecule has 2 bridgehead atoms. The summed E-state index contributed by atoms with van der Waals surface area (Å²) in [5.41, 5.74) is 4.36. The summed E-state index contributed by atoms with van der Waals surface area (Å²) in [5, 5.41) is 4.58. The van der Waals surface area contributed by atoms with Crippen LogP contribution < -0.4 is 0 Å². The van der Waals surface area contributed by atoms with E-state index < -0.39 is 0 Å². The lowest BCUT2D eigenvalue weighted by Gasteiger charge is -2.36. The van der Waals surface area contributed by atoms with E-state index in [-0.39, 0.29) is 6.04 Å². The van der Waals surface area contributed by atoms with Gasteiger partial charge in [0.15, 0.2) is 5.65 Å². The van der Waals surface area contributed by atoms with Crippen molar-refractivity contribution in [3.8, 4) is 0 Å². The molecule has 4 rings (SSSR count). The van der Waals surface area contributed by atoms with E-state index in [4.69, 9.17) is 0 Å². The van der Waals surface area contributed by atoms with Gasteiger partial charge in [-0.25, -0.2) is 9.50 Å². The molecule has 4 heterocycles. The van der Waals surface area contributed by atoms with E-state index in [0.29, 0.717) is 18.4 Å². The van der Waals surface area contributed by atoms with Crippen molar-refractivity contribution in [2.45, 2.75) is 58.0 Å². The maximum Gasteiger partial charge on any atom is 0.223 e. The van der Waals surface area contributed by atoms with Gasteiger partial charge in [0.05, 0.1) is 17.4 Å². The molecule has 2 aliphatic rings. The average molecular weight is 284 g/mol. The van der Waals surface area contributed by atoms with Gasteiger partial charge in [0.1, 0.15) is 0 Å². The monoisotopic (exact) mass is 284 g/mol. The summed E-state index contributed by atoms with van der Waals surface area (Å²) in [6, 6.07) is 2.56. The van der Waals surface area contributed by atoms with Crippen molar-refractivity contribution in [2.24, 2.45) is 0 Å². The highest BCUT2D eigenvalue weighted by molar-refractivity contribution is 5.78. The van der Waals surface area contributed by atoms with E-state index in [9.17, 15) is 4.79 Å². The third kappa shape index (κ3) is 1.79. The van der Waals surface area contributed by atoms with Gasteiger partial charge in [-0.05, 0) is 26.2 Å². The number of aryl methyl sites for hydroxylation is 1. The molecule has 0 aliphatic carbocycles. The molecule has 21 heavy (non-hydrogen) atoms. The smallest absolute Gasteiger partial charge is 0.223 e. The van der Waals surface area contributed by atoms with Gasteiger partial charge < -0.3 is 4.90 Å². The van der Waals surface area contributed by atoms with Crippen LogP contribution in [0, 0.1) is 6.92 Å². The molecule has 0 saturated carbocycles. The maximum atomic E-state index is 12.4. The molecule has 2 aliphatic heterocycles. The quantitative estimate of drug-likeness (QED) is 0.851. The predicted octanol–water partition coefficient (Wildman–Crippen LogP) is 2.43. The minimum atomic E-state index is 0.208. The second-order valence-corrected chi connectivity index (χ2v) is 6.22. The van der Waals surface area contributed by atoms with Gasteiger partial charge in [0.25, 0.3) is 0 Å². The first-order chi connectivity index (χ1) is 10.2. The molecule has 0 unspecified atom stereocenters. The number of rotatable bonds is 2. The van der Waals surface area contributed by atoms with Crippen LogP contribution in [0.25, 0.3) is 5.65 Å². The van der Waals surface area contributed by atoms with Crippen LogP contribution in [0.3, 0.4) is 0 Å². The molecule has 1 saturated heterocycles. The third-order valence-corrected chi connectivity index (χ3v) is 4.78. The van der Waals surface area contributed by atoms with E-state index >= 15 is 0 Å². The van der Waals surface area contributed by atoms with Crippen molar-refractivity contribution >= 4 is 11.6 Å². The van der Waals surface area contributed by atoms with E-state index in [1.165, 1.54) is 11.3 Å². The summed E-state index contributed by atoms with van der Waals surface area (Å²) >= 11 is 0. The van der Waals surface area contributed by atoms with Gasteiger partial charge in [-0.15, -0.1) is 0 Å². The minimum absolute atomic E-state index is 0.208. The summed E-state index contributed by atoms with van der Waals surface area (Å²) < 4.78 is 1.98. The second-order valence-electron chi connectivity index (χ2n) is 6.22. The maximum absolute atomic E-state index is 12.4. The number of amides is 1. The summed E-state index contributed by atoms with van der Waals surface area (Å²) in [7, 11) is 0. The molecular formula is C16H20N4O. The Labute approximate surface area is 124 Å². The highest BCUT2D eigenvalue weighted by Crippen LogP contribution is 2.43. The fraction of sp³-hybridized carbons (Fsp3) is 0.562. The van der Waals surface area contributed by atoms with E-state index in [2.05, 4.69) is 21.9 Å². The first-order valence-corrected chi connectivity index (χ1v) is 7.84. The van der Waals surface area contributed by atoms with Crippen LogP contribution in [0.5, 0.6) is 0 Å². The van der Waals surface area contributed by atoms with Crippen molar-refractivity contribution in [1.29, 1.82) is 0 Å². The SMILES string of the molecule is CCCC(=O)N1[C@@H]2CC[C@@H]1c1cnc3cc(C)nn3c1C2. The van der Waals surface area contributed by atoms with E-state index in [1.807, 2.05) is 23.7 Å². The Morgan fingerprint density at radius 2 is 2.29 bits per heavy atom. The van der Waals surface area contributed by atoms with Gasteiger partial charge in [-0.2, -0.15) is 5.10 Å². The molecule has 0 radical (unpaired) electrons. The topological polar surface area (TPSA) is 50.5 Å². The predicted molar refractivity (Wildman–Crippen MR) is 78.9 cm³/mol. The summed E-state index contributed by atoms with van der Waals surface area (Å²) in [6.45, 7) is 4.06. The zero-order chi connectivity index (χ0) is 14.6. The Bertz CT molecular complexity index is 720. The van der Waals surface area contributed by atoms with Crippen LogP contribution in [0.1, 0.15) is 55.6 Å². The molecule has 0 aromatic carbocycles. The zero-order valence-corrected chi connectivity index (χ0v) is 12.5. The van der Waals surface area contributed by atoms with Crippen LogP contribution in [-0.4, -0.2) is 31.4 Å². The zero-order valence-electron chi connectivity index (χ0n) is 12.5. The molecule has 5 heteroatoms. The van der Waals surface area contributed by atoms with E-state index in [0.717, 1.165) is 37.0 Å². The molecule has 2 atom stereocenters. The summed E-state index contributed by atoms with van der Waals surface area (Å²) in [6.07, 6.45) is 6.58. The summed E-state index contributed by atoms with van der Waals surface area (Å²) in [5.74, 6) is 0.299. The Balaban J connectivity index is 1.81. The Morgan fingerprint density at radius 1 is 1.43 bits per heavy atom. The molecule has 110 valence electrons. The number of carbonyl (C=O) groups is 1. The number of carbonyl (C=O) groups excluding carboxylic acids is 1. The summed E-state index contributed by atoms with van der Waals surface area (Å²) in [4.78, 5) is 19.1. The number of aromatic nitrogens is 3. The molecule has 1 fully saturated rings. The van der Waals surface area contributed by atoms with Crippen LogP contribution in [0.4, 0.5) is 0 Å². The van der Waals surface area contributed by atoms with Crippen LogP contribution in [0.15, 0.2) is 12.3 Å². The molecular weight excluding hydrogens is 264 g/mol. The van der Waals surface area contributed by atoms with Crippen molar-refractivity contribution in [3.05, 3.63) is 29.2 Å². The standard InChI is InChI=1S/C16H20N4O/c1-3-4-16(21)19-11-5-6-13(19)12-9-17-15-7-10(2)18-20(15)14(12)8-11/h7,9,11,13H,3-6,8H2,1-2H3/t11-,13-/m1/s1. The Hall–Kier alpha value is -1.91. The largest absolute Gasteiger partial charge is 0.332 e. The fourth-order valence-electron chi connectivity index (χ4n) is 3.92. The number of hydrogen-bond acceptors (Lipinski definition) is 3. The first-order valence-electron chi connectivity index (χ1n) is 7.84. The van der Waals surface area contributed by atoms with Gasteiger partial charge in [0, 0.05) is 36.7 Å². The molecule has 2 aromatic heterocycles. The van der Waals surface area contributed by atoms with Crippen molar-refractivity contribution < 1.29 is 4.79 Å². The fourth-order valence-corrected chi connectivity index (χ4v) is 3.92. The van der Waals surface area contributed by atoms with Gasteiger partial charge in [0.2, 0.25) is 5.91 Å². The molecule has 2 aromatic rings. The lowest BCUT2D eigenvalue weighted by molar-refractivity contribution is -0.134.